The van der Waals surface area contributed by atoms with Crippen LogP contribution in [0.25, 0.3) is 0 Å². The van der Waals surface area contributed by atoms with Crippen LogP contribution < -0.4 is 5.32 Å². The van der Waals surface area contributed by atoms with Crippen molar-refractivity contribution in [2.24, 2.45) is 0 Å². The predicted molar refractivity (Wildman–Crippen MR) is 78.8 cm³/mol. The van der Waals surface area contributed by atoms with Crippen molar-refractivity contribution in [2.45, 2.75) is 71.3 Å². The van der Waals surface area contributed by atoms with Crippen LogP contribution in [0.3, 0.4) is 0 Å². The van der Waals surface area contributed by atoms with Gasteiger partial charge in [-0.05, 0) is 26.9 Å². The quantitative estimate of drug-likeness (QED) is 0.576. The largest absolute Gasteiger partial charge is 0.355 e. The molecule has 1 N–H and O–H groups in total. The summed E-state index contributed by atoms with van der Waals surface area (Å²) >= 11 is 0. The lowest BCUT2D eigenvalue weighted by Crippen LogP contribution is -2.43. The Bertz CT molecular complexity index is 205. The molecule has 108 valence electrons. The third-order valence-corrected chi connectivity index (χ3v) is 3.32. The summed E-state index contributed by atoms with van der Waals surface area (Å²) in [6, 6.07) is 0.0371. The fourth-order valence-corrected chi connectivity index (χ4v) is 2.13. The molecule has 0 aromatic rings. The first-order chi connectivity index (χ1) is 8.63. The summed E-state index contributed by atoms with van der Waals surface area (Å²) in [6.45, 7) is 5.19. The average molecular weight is 256 g/mol. The van der Waals surface area contributed by atoms with E-state index in [0.29, 0.717) is 0 Å². The van der Waals surface area contributed by atoms with Crippen molar-refractivity contribution in [3.63, 3.8) is 0 Å². The Morgan fingerprint density at radius 1 is 1.00 bits per heavy atom. The Kier molecular flexibility index (Phi) is 11.2. The van der Waals surface area contributed by atoms with E-state index in [9.17, 15) is 4.79 Å². The zero-order valence-electron chi connectivity index (χ0n) is 12.8. The van der Waals surface area contributed by atoms with E-state index in [1.54, 1.807) is 0 Å². The highest BCUT2D eigenvalue weighted by molar-refractivity contribution is 5.81. The molecule has 3 nitrogen and oxygen atoms in total. The van der Waals surface area contributed by atoms with Gasteiger partial charge in [0, 0.05) is 6.54 Å². The second-order valence-corrected chi connectivity index (χ2v) is 5.33. The molecular formula is C15H32N2O. The molecule has 0 aliphatic heterocycles. The fraction of sp³-hybridized carbons (Fsp3) is 0.933. The number of nitrogens with one attached hydrogen (secondary N) is 1. The number of hydrogen-bond acceptors (Lipinski definition) is 2. The standard InChI is InChI=1S/C15H32N2O/c1-5-7-8-9-10-11-13-16-15(18)14(12-6-2)17(3)4/h14H,5-13H2,1-4H3,(H,16,18). The summed E-state index contributed by atoms with van der Waals surface area (Å²) < 4.78 is 0. The zero-order chi connectivity index (χ0) is 13.8. The molecule has 0 aromatic heterocycles. The minimum atomic E-state index is 0.0371. The summed E-state index contributed by atoms with van der Waals surface area (Å²) in [7, 11) is 3.95. The highest BCUT2D eigenvalue weighted by Gasteiger charge is 2.18. The molecule has 0 bridgehead atoms. The molecule has 0 spiro atoms. The van der Waals surface area contributed by atoms with E-state index in [1.165, 1.54) is 32.1 Å². The summed E-state index contributed by atoms with van der Waals surface area (Å²) in [4.78, 5) is 14.0. The van der Waals surface area contributed by atoms with Crippen LogP contribution in [0, 0.1) is 0 Å². The molecule has 0 fully saturated rings. The van der Waals surface area contributed by atoms with Crippen molar-refractivity contribution in [3.05, 3.63) is 0 Å². The maximum atomic E-state index is 12.0. The number of likely N-dealkylation sites (N-methyl/N-ethyl adjacent to an activating group) is 1. The number of unbranched alkanes of at least 4 members (excludes halogenated alkanes) is 5. The zero-order valence-corrected chi connectivity index (χ0v) is 12.8. The molecule has 3 heteroatoms. The van der Waals surface area contributed by atoms with E-state index in [-0.39, 0.29) is 11.9 Å². The molecule has 0 radical (unpaired) electrons. The third-order valence-electron chi connectivity index (χ3n) is 3.32. The van der Waals surface area contributed by atoms with E-state index in [2.05, 4.69) is 19.2 Å². The molecule has 1 atom stereocenters. The van der Waals surface area contributed by atoms with Crippen LogP contribution in [0.15, 0.2) is 0 Å². The molecule has 0 rings (SSSR count). The summed E-state index contributed by atoms with van der Waals surface area (Å²) in [5, 5.41) is 3.06. The van der Waals surface area contributed by atoms with Crippen molar-refractivity contribution in [2.75, 3.05) is 20.6 Å². The van der Waals surface area contributed by atoms with Gasteiger partial charge in [-0.2, -0.15) is 0 Å². The number of rotatable bonds is 11. The molecule has 1 unspecified atom stereocenters. The van der Waals surface area contributed by atoms with Gasteiger partial charge < -0.3 is 5.32 Å². The van der Waals surface area contributed by atoms with E-state index >= 15 is 0 Å². The van der Waals surface area contributed by atoms with E-state index in [1.807, 2.05) is 19.0 Å². The number of nitrogens with zero attached hydrogens (tertiary/aromatic N) is 1. The third kappa shape index (κ3) is 8.51. The lowest BCUT2D eigenvalue weighted by Gasteiger charge is -2.22. The van der Waals surface area contributed by atoms with Crippen LogP contribution in [-0.2, 0) is 4.79 Å². The Morgan fingerprint density at radius 2 is 1.61 bits per heavy atom. The first-order valence-corrected chi connectivity index (χ1v) is 7.57. The Labute approximate surface area is 113 Å². The van der Waals surface area contributed by atoms with E-state index in [0.717, 1.165) is 25.8 Å². The Morgan fingerprint density at radius 3 is 2.17 bits per heavy atom. The van der Waals surface area contributed by atoms with Crippen LogP contribution in [0.5, 0.6) is 0 Å². The van der Waals surface area contributed by atoms with Gasteiger partial charge in [0.25, 0.3) is 0 Å². The monoisotopic (exact) mass is 256 g/mol. The van der Waals surface area contributed by atoms with E-state index in [4.69, 9.17) is 0 Å². The van der Waals surface area contributed by atoms with Crippen molar-refractivity contribution in [1.29, 1.82) is 0 Å². The molecule has 1 amide bonds. The van der Waals surface area contributed by atoms with Crippen molar-refractivity contribution in [3.8, 4) is 0 Å². The fourth-order valence-electron chi connectivity index (χ4n) is 2.13. The predicted octanol–water partition coefficient (Wildman–Crippen LogP) is 3.19. The smallest absolute Gasteiger partial charge is 0.237 e. The minimum Gasteiger partial charge on any atom is -0.355 e. The molecule has 18 heavy (non-hydrogen) atoms. The molecule has 0 aromatic carbocycles. The van der Waals surface area contributed by atoms with Gasteiger partial charge in [-0.3, -0.25) is 9.69 Å². The summed E-state index contributed by atoms with van der Waals surface area (Å²) in [6.07, 6.45) is 9.60. The summed E-state index contributed by atoms with van der Waals surface area (Å²) in [5.74, 6) is 0.190. The van der Waals surface area contributed by atoms with Crippen LogP contribution in [0.1, 0.15) is 65.2 Å². The highest BCUT2D eigenvalue weighted by atomic mass is 16.2. The number of carbonyl (C=O) groups is 1. The molecular weight excluding hydrogens is 224 g/mol. The van der Waals surface area contributed by atoms with Crippen LogP contribution >= 0.6 is 0 Å². The molecule has 0 heterocycles. The summed E-state index contributed by atoms with van der Waals surface area (Å²) in [5.41, 5.74) is 0. The maximum Gasteiger partial charge on any atom is 0.237 e. The number of hydrogen-bond donors (Lipinski definition) is 1. The van der Waals surface area contributed by atoms with Gasteiger partial charge in [0.05, 0.1) is 6.04 Å². The van der Waals surface area contributed by atoms with Gasteiger partial charge in [0.2, 0.25) is 5.91 Å². The highest BCUT2D eigenvalue weighted by Crippen LogP contribution is 2.05. The molecule has 0 aliphatic rings. The molecule has 0 saturated heterocycles. The van der Waals surface area contributed by atoms with Crippen LogP contribution in [-0.4, -0.2) is 37.5 Å². The average Bonchev–Trinajstić information content (AvgIpc) is 2.34. The van der Waals surface area contributed by atoms with Gasteiger partial charge in [0.15, 0.2) is 0 Å². The second kappa shape index (κ2) is 11.5. The van der Waals surface area contributed by atoms with Gasteiger partial charge in [-0.1, -0.05) is 52.4 Å². The topological polar surface area (TPSA) is 32.3 Å². The lowest BCUT2D eigenvalue weighted by molar-refractivity contribution is -0.125. The van der Waals surface area contributed by atoms with Gasteiger partial charge in [-0.15, -0.1) is 0 Å². The normalized spacial score (nSPS) is 12.7. The maximum absolute atomic E-state index is 12.0. The number of amides is 1. The van der Waals surface area contributed by atoms with Crippen molar-refractivity contribution in [1.82, 2.24) is 10.2 Å². The number of carbonyl (C=O) groups excluding carboxylic acids is 1. The second-order valence-electron chi connectivity index (χ2n) is 5.33. The first-order valence-electron chi connectivity index (χ1n) is 7.57. The SMILES string of the molecule is CCCCCCCCNC(=O)C(CCC)N(C)C. The Hall–Kier alpha value is -0.570. The Balaban J connectivity index is 3.61. The van der Waals surface area contributed by atoms with Crippen molar-refractivity contribution >= 4 is 5.91 Å². The lowest BCUT2D eigenvalue weighted by atomic mass is 10.1. The van der Waals surface area contributed by atoms with Crippen LogP contribution in [0.2, 0.25) is 0 Å². The first kappa shape index (κ1) is 17.4. The van der Waals surface area contributed by atoms with Crippen LogP contribution in [0.4, 0.5) is 0 Å². The van der Waals surface area contributed by atoms with E-state index < -0.39 is 0 Å². The van der Waals surface area contributed by atoms with Gasteiger partial charge in [-0.25, -0.2) is 0 Å². The minimum absolute atomic E-state index is 0.0371. The van der Waals surface area contributed by atoms with Crippen molar-refractivity contribution < 1.29 is 4.79 Å². The van der Waals surface area contributed by atoms with Gasteiger partial charge in [0.1, 0.15) is 0 Å². The molecule has 0 aliphatic carbocycles. The van der Waals surface area contributed by atoms with Gasteiger partial charge >= 0.3 is 0 Å². The molecule has 0 saturated carbocycles.